The second-order valence-corrected chi connectivity index (χ2v) is 2.15. The summed E-state index contributed by atoms with van der Waals surface area (Å²) < 4.78 is 0. The lowest BCUT2D eigenvalue weighted by Gasteiger charge is -2.37. The Morgan fingerprint density at radius 1 is 1.22 bits per heavy atom. The van der Waals surface area contributed by atoms with Gasteiger partial charge in [0.05, 0.1) is 0 Å². The molecule has 1 aliphatic rings. The molecule has 0 saturated carbocycles. The molecule has 0 spiro atoms. The summed E-state index contributed by atoms with van der Waals surface area (Å²) in [5.41, 5.74) is 0. The van der Waals surface area contributed by atoms with Crippen LogP contribution in [0.5, 0.6) is 0 Å². The number of hydroxylamine groups is 2. The van der Waals surface area contributed by atoms with E-state index >= 15 is 0 Å². The predicted octanol–water partition coefficient (Wildman–Crippen LogP) is 0.245. The van der Waals surface area contributed by atoms with Crippen LogP contribution < -0.4 is 0 Å². The molecule has 0 unspecified atom stereocenters. The number of nitrogens with zero attached hydrogens (tertiary/aromatic N) is 2. The van der Waals surface area contributed by atoms with E-state index in [4.69, 9.17) is 0 Å². The smallest absolute Gasteiger partial charge is 0.0291 e. The van der Waals surface area contributed by atoms with Gasteiger partial charge < -0.3 is 15.2 Å². The van der Waals surface area contributed by atoms with Gasteiger partial charge >= 0.3 is 0 Å². The molecule has 0 radical (unpaired) electrons. The van der Waals surface area contributed by atoms with Gasteiger partial charge in [-0.25, -0.2) is 0 Å². The minimum atomic E-state index is 0.617. The quantitative estimate of drug-likeness (QED) is 0.505. The summed E-state index contributed by atoms with van der Waals surface area (Å²) in [5.74, 6) is 0. The van der Waals surface area contributed by atoms with Gasteiger partial charge in [0.15, 0.2) is 0 Å². The van der Waals surface area contributed by atoms with Crippen molar-refractivity contribution in [1.82, 2.24) is 9.96 Å². The van der Waals surface area contributed by atoms with Crippen LogP contribution in [0.15, 0.2) is 12.8 Å². The van der Waals surface area contributed by atoms with Crippen LogP contribution in [0.2, 0.25) is 0 Å². The van der Waals surface area contributed by atoms with Crippen LogP contribution in [-0.2, 0) is 0 Å². The molecule has 1 fully saturated rings. The summed E-state index contributed by atoms with van der Waals surface area (Å²) in [6.45, 7) is 6.50. The Bertz CT molecular complexity index is 97.2. The minimum Gasteiger partial charge on any atom is -0.785 e. The van der Waals surface area contributed by atoms with Crippen molar-refractivity contribution in [3.05, 3.63) is 18.0 Å². The maximum absolute atomic E-state index is 10.6. The predicted molar refractivity (Wildman–Crippen MR) is 36.7 cm³/mol. The van der Waals surface area contributed by atoms with Crippen molar-refractivity contribution in [2.24, 2.45) is 0 Å². The summed E-state index contributed by atoms with van der Waals surface area (Å²) in [6, 6.07) is 0. The first-order valence-electron chi connectivity index (χ1n) is 3.11. The Labute approximate surface area is 55.1 Å². The van der Waals surface area contributed by atoms with Gasteiger partial charge in [0.25, 0.3) is 0 Å². The molecule has 1 rings (SSSR count). The first-order valence-corrected chi connectivity index (χ1v) is 3.11. The molecule has 9 heavy (non-hydrogen) atoms. The highest BCUT2D eigenvalue weighted by atomic mass is 16.5. The van der Waals surface area contributed by atoms with Gasteiger partial charge in [-0.15, -0.1) is 0 Å². The van der Waals surface area contributed by atoms with Crippen LogP contribution in [-0.4, -0.2) is 36.1 Å². The Kier molecular flexibility index (Phi) is 2.08. The van der Waals surface area contributed by atoms with Gasteiger partial charge in [-0.3, -0.25) is 0 Å². The van der Waals surface area contributed by atoms with Gasteiger partial charge in [-0.05, 0) is 6.20 Å². The molecule has 52 valence electrons. The van der Waals surface area contributed by atoms with E-state index in [2.05, 4.69) is 11.5 Å². The summed E-state index contributed by atoms with van der Waals surface area (Å²) in [5, 5.41) is 11.7. The van der Waals surface area contributed by atoms with Gasteiger partial charge in [-0.1, -0.05) is 6.58 Å². The van der Waals surface area contributed by atoms with Crippen molar-refractivity contribution in [3.8, 4) is 0 Å². The fraction of sp³-hybridized carbons (Fsp3) is 0.667. The topological polar surface area (TPSA) is 29.5 Å². The molecule has 3 heteroatoms. The molecular formula is C6H11N2O-. The number of hydrogen-bond acceptors (Lipinski definition) is 3. The fourth-order valence-corrected chi connectivity index (χ4v) is 0.886. The molecule has 3 nitrogen and oxygen atoms in total. The monoisotopic (exact) mass is 127 g/mol. The Balaban J connectivity index is 2.26. The third-order valence-electron chi connectivity index (χ3n) is 1.53. The number of hydrogen-bond donors (Lipinski definition) is 0. The third-order valence-corrected chi connectivity index (χ3v) is 1.53. The zero-order valence-corrected chi connectivity index (χ0v) is 5.42. The average molecular weight is 127 g/mol. The van der Waals surface area contributed by atoms with Crippen LogP contribution in [0.1, 0.15) is 0 Å². The van der Waals surface area contributed by atoms with Crippen LogP contribution in [0.3, 0.4) is 0 Å². The van der Waals surface area contributed by atoms with Gasteiger partial charge in [-0.2, -0.15) is 0 Å². The first kappa shape index (κ1) is 6.58. The molecule has 0 aromatic heterocycles. The van der Waals surface area contributed by atoms with E-state index in [-0.39, 0.29) is 0 Å². The van der Waals surface area contributed by atoms with Gasteiger partial charge in [0.2, 0.25) is 0 Å². The highest BCUT2D eigenvalue weighted by molar-refractivity contribution is 4.78. The third kappa shape index (κ3) is 1.69. The standard InChI is InChI=1S/C6H11N2O/c1-2-7-3-5-8(9)6-4-7/h2H,1,3-6H2/q-1. The average Bonchev–Trinajstić information content (AvgIpc) is 1.90. The molecule has 0 atom stereocenters. The van der Waals surface area contributed by atoms with E-state index in [1.165, 1.54) is 0 Å². The fourth-order valence-electron chi connectivity index (χ4n) is 0.886. The van der Waals surface area contributed by atoms with Crippen LogP contribution >= 0.6 is 0 Å². The molecule has 1 heterocycles. The maximum atomic E-state index is 10.6. The summed E-state index contributed by atoms with van der Waals surface area (Å²) in [4.78, 5) is 2.05. The summed E-state index contributed by atoms with van der Waals surface area (Å²) >= 11 is 0. The zero-order chi connectivity index (χ0) is 6.69. The molecule has 0 amide bonds. The van der Waals surface area contributed by atoms with Crippen molar-refractivity contribution in [3.63, 3.8) is 0 Å². The van der Waals surface area contributed by atoms with Crippen molar-refractivity contribution in [2.75, 3.05) is 26.2 Å². The van der Waals surface area contributed by atoms with Crippen molar-refractivity contribution in [2.45, 2.75) is 0 Å². The molecule has 1 aliphatic heterocycles. The molecule has 0 bridgehead atoms. The number of piperazine rings is 1. The van der Waals surface area contributed by atoms with Crippen molar-refractivity contribution in [1.29, 1.82) is 0 Å². The molecule has 0 aromatic carbocycles. The second-order valence-electron chi connectivity index (χ2n) is 2.15. The lowest BCUT2D eigenvalue weighted by molar-refractivity contribution is 0.219. The van der Waals surface area contributed by atoms with E-state index in [0.717, 1.165) is 18.2 Å². The lowest BCUT2D eigenvalue weighted by Crippen LogP contribution is -2.40. The van der Waals surface area contributed by atoms with Crippen molar-refractivity contribution < 1.29 is 0 Å². The first-order chi connectivity index (χ1) is 4.33. The molecule has 0 N–H and O–H groups in total. The molecular weight excluding hydrogens is 116 g/mol. The highest BCUT2D eigenvalue weighted by Crippen LogP contribution is 1.98. The largest absolute Gasteiger partial charge is 0.785 e. The van der Waals surface area contributed by atoms with Crippen molar-refractivity contribution >= 4 is 0 Å². The Morgan fingerprint density at radius 3 is 2.22 bits per heavy atom. The normalized spacial score (nSPS) is 22.1. The van der Waals surface area contributed by atoms with Gasteiger partial charge in [0, 0.05) is 26.2 Å². The molecule has 0 aromatic rings. The SMILES string of the molecule is C=CN1CCN([O-])CC1. The van der Waals surface area contributed by atoms with E-state index < -0.39 is 0 Å². The number of rotatable bonds is 1. The van der Waals surface area contributed by atoms with Gasteiger partial charge in [0.1, 0.15) is 0 Å². The van der Waals surface area contributed by atoms with Crippen LogP contribution in [0.25, 0.3) is 0 Å². The van der Waals surface area contributed by atoms with E-state index in [1.807, 2.05) is 0 Å². The summed E-state index contributed by atoms with van der Waals surface area (Å²) in [6.07, 6.45) is 1.78. The Hall–Kier alpha value is -0.540. The maximum Gasteiger partial charge on any atom is 0.0291 e. The van der Waals surface area contributed by atoms with E-state index in [1.54, 1.807) is 6.20 Å². The van der Waals surface area contributed by atoms with Crippen LogP contribution in [0, 0.1) is 5.21 Å². The Morgan fingerprint density at radius 2 is 1.78 bits per heavy atom. The minimum absolute atomic E-state index is 0.617. The zero-order valence-electron chi connectivity index (χ0n) is 5.42. The second kappa shape index (κ2) is 2.85. The van der Waals surface area contributed by atoms with E-state index in [9.17, 15) is 5.21 Å². The lowest BCUT2D eigenvalue weighted by atomic mass is 10.4. The highest BCUT2D eigenvalue weighted by Gasteiger charge is 2.04. The molecule has 1 saturated heterocycles. The van der Waals surface area contributed by atoms with Crippen LogP contribution in [0.4, 0.5) is 0 Å². The summed E-state index contributed by atoms with van der Waals surface area (Å²) in [7, 11) is 0. The van der Waals surface area contributed by atoms with E-state index in [0.29, 0.717) is 13.1 Å². The molecule has 0 aliphatic carbocycles.